The Kier molecular flexibility index (Phi) is 15.4. The topological polar surface area (TPSA) is 312 Å². The fourth-order valence-electron chi connectivity index (χ4n) is 9.77. The summed E-state index contributed by atoms with van der Waals surface area (Å²) in [4.78, 5) is 78.7. The van der Waals surface area contributed by atoms with Gasteiger partial charge in [0, 0.05) is 19.3 Å². The fraction of sp³-hybridized carbons (Fsp3) is 0.674. The number of carbonyl (C=O) groups excluding carboxylic acids is 4. The molecule has 4 aromatic rings. The highest BCUT2D eigenvalue weighted by Gasteiger charge is 2.74. The minimum atomic E-state index is -4.68. The van der Waals surface area contributed by atoms with Crippen molar-refractivity contribution in [3.63, 3.8) is 0 Å². The molecule has 79 heavy (non-hydrogen) atoms. The fourth-order valence-corrected chi connectivity index (χ4v) is 13.1. The minimum Gasteiger partial charge on any atom is -0.447 e. The average Bonchev–Trinajstić information content (AvgIpc) is 4.26. The SMILES string of the molecule is CC(C)(C)OC(=O)N1C[C@@H](F)C[C@H]1COC(=O)Nc1ncnc2c1ncn2[C@@H]1O[C@@H]2CO[P@](=O)(S)O[C@H]3[C@@H](F)[C@H](n4cnc5c(NC(=O)OC[C@@H]6C[C@H](F)CN6C(=O)OC(C)(C)C)ncnc54)OC34C[C@H]4O[P@@](=O)(S)O[C@H]2[C@H]1F. The number of hydrogen-bond donors (Lipinski definition) is 4. The van der Waals surface area contributed by atoms with Gasteiger partial charge in [0.25, 0.3) is 0 Å². The highest BCUT2D eigenvalue weighted by molar-refractivity contribution is 8.44. The first-order valence-electron chi connectivity index (χ1n) is 24.5. The van der Waals surface area contributed by atoms with Crippen LogP contribution in [0.15, 0.2) is 25.3 Å². The number of aromatic nitrogens is 8. The Labute approximate surface area is 456 Å². The summed E-state index contributed by atoms with van der Waals surface area (Å²) in [6.45, 7) is -1.56. The second-order valence-electron chi connectivity index (χ2n) is 21.3. The summed E-state index contributed by atoms with van der Waals surface area (Å²) in [6.07, 6.45) is -17.1. The zero-order valence-electron chi connectivity index (χ0n) is 42.7. The number of alkyl halides is 4. The van der Waals surface area contributed by atoms with Gasteiger partial charge >= 0.3 is 38.0 Å². The van der Waals surface area contributed by atoms with Crippen LogP contribution in [-0.4, -0.2) is 184 Å². The second kappa shape index (κ2) is 21.3. The quantitative estimate of drug-likeness (QED) is 0.0599. The van der Waals surface area contributed by atoms with Crippen LogP contribution in [0.3, 0.4) is 0 Å². The number of thiol groups is 2. The third kappa shape index (κ3) is 12.1. The number of rotatable bonds is 8. The van der Waals surface area contributed by atoms with Crippen LogP contribution < -0.4 is 10.6 Å². The van der Waals surface area contributed by atoms with Gasteiger partial charge < -0.3 is 28.4 Å². The molecule has 5 saturated heterocycles. The molecule has 6 fully saturated rings. The molecule has 9 heterocycles. The second-order valence-corrected chi connectivity index (χ2v) is 27.0. The number of likely N-dealkylation sites (tertiary alicyclic amines) is 2. The van der Waals surface area contributed by atoms with Crippen molar-refractivity contribution in [3.8, 4) is 0 Å². The molecule has 1 aliphatic carbocycles. The van der Waals surface area contributed by atoms with E-state index in [1.54, 1.807) is 41.5 Å². The van der Waals surface area contributed by atoms with Gasteiger partial charge in [0.15, 0.2) is 58.8 Å². The Hall–Kier alpha value is -5.18. The van der Waals surface area contributed by atoms with Crippen LogP contribution in [-0.2, 0) is 55.6 Å². The largest absolute Gasteiger partial charge is 0.447 e. The molecule has 28 nitrogen and oxygen atoms in total. The number of imidazole rings is 2. The summed E-state index contributed by atoms with van der Waals surface area (Å²) < 4.78 is 149. The Morgan fingerprint density at radius 2 is 1.22 bits per heavy atom. The Bertz CT molecular complexity index is 3130. The zero-order chi connectivity index (χ0) is 56.7. The summed E-state index contributed by atoms with van der Waals surface area (Å²) in [7, 11) is 0. The number of nitrogens with zero attached hydrogens (tertiary/aromatic N) is 10. The van der Waals surface area contributed by atoms with E-state index in [1.165, 1.54) is 0 Å². The van der Waals surface area contributed by atoms with Crippen molar-refractivity contribution < 1.29 is 92.4 Å². The number of halogens is 4. The lowest BCUT2D eigenvalue weighted by atomic mass is 10.1. The van der Waals surface area contributed by atoms with Gasteiger partial charge in [-0.25, -0.2) is 75.8 Å². The van der Waals surface area contributed by atoms with Crippen molar-refractivity contribution in [3.05, 3.63) is 25.3 Å². The molecule has 432 valence electrons. The number of anilines is 2. The highest BCUT2D eigenvalue weighted by atomic mass is 32.7. The van der Waals surface area contributed by atoms with Crippen molar-refractivity contribution in [2.75, 3.05) is 43.5 Å². The number of amides is 4. The molecule has 15 atom stereocenters. The Balaban J connectivity index is 0.800. The molecule has 0 radical (unpaired) electrons. The standard InChI is InChI=1S/C43H54F4N12O16P2S2/c1-41(2,3)71-39(62)56-10-19(44)7-21(56)12-66-37(60)54-31-27-33(50-15-48-31)58(17-52-27)35-25(46)29-23(69-35)14-68-76(64,78)75-30-26(47)36(70-43(30)9-24(43)73-77(65,79)74-29)59-18-53-28-32(49-16-51-34(28)59)55-38(61)67-13-22-8-20(45)11-57(22)40(63)72-42(4,5)6/h15-26,29-30,35-36H,7-14H2,1-6H3,(H,64,78)(H,65,79)(H,48,50,54,60)(H,49,51,55,61)/t19-,20-,21-,22-,23+,24+,25+,26+,29+,30-,35+,36+,43?,76-,77+/m0/s1. The molecule has 1 spiro atoms. The van der Waals surface area contributed by atoms with Crippen LogP contribution in [0.1, 0.15) is 73.3 Å². The zero-order valence-corrected chi connectivity index (χ0v) is 46.3. The van der Waals surface area contributed by atoms with E-state index in [0.29, 0.717) is 0 Å². The van der Waals surface area contributed by atoms with Gasteiger partial charge in [0.1, 0.15) is 79.4 Å². The smallest absolute Gasteiger partial charge is 0.412 e. The molecule has 5 aliphatic heterocycles. The first-order valence-corrected chi connectivity index (χ1v) is 29.9. The van der Waals surface area contributed by atoms with Crippen molar-refractivity contribution in [2.24, 2.45) is 0 Å². The number of nitrogens with one attached hydrogen (secondary N) is 2. The molecule has 2 N–H and O–H groups in total. The van der Waals surface area contributed by atoms with Crippen molar-refractivity contribution in [1.29, 1.82) is 0 Å². The lowest BCUT2D eigenvalue weighted by Crippen LogP contribution is -2.42. The third-order valence-electron chi connectivity index (χ3n) is 13.2. The Morgan fingerprint density at radius 1 is 0.709 bits per heavy atom. The predicted octanol–water partition coefficient (Wildman–Crippen LogP) is 6.96. The van der Waals surface area contributed by atoms with Crippen LogP contribution in [0.4, 0.5) is 48.4 Å². The lowest BCUT2D eigenvalue weighted by molar-refractivity contribution is -0.0629. The van der Waals surface area contributed by atoms with Crippen LogP contribution in [0.25, 0.3) is 22.3 Å². The van der Waals surface area contributed by atoms with E-state index < -0.39 is 148 Å². The van der Waals surface area contributed by atoms with Gasteiger partial charge in [0.05, 0.1) is 44.4 Å². The summed E-state index contributed by atoms with van der Waals surface area (Å²) in [5.41, 5.74) is -3.93. The van der Waals surface area contributed by atoms with Gasteiger partial charge in [-0.3, -0.25) is 47.7 Å². The summed E-state index contributed by atoms with van der Waals surface area (Å²) >= 11 is 8.25. The van der Waals surface area contributed by atoms with E-state index in [0.717, 1.165) is 44.2 Å². The molecule has 6 aliphatic rings. The average molecular weight is 1200 g/mol. The number of fused-ring (bicyclic) bond motifs is 3. The monoisotopic (exact) mass is 1200 g/mol. The molecule has 4 aromatic heterocycles. The molecule has 0 bridgehead atoms. The van der Waals surface area contributed by atoms with Gasteiger partial charge in [0.2, 0.25) is 0 Å². The van der Waals surface area contributed by atoms with Crippen LogP contribution >= 0.6 is 38.1 Å². The maximum atomic E-state index is 17.0. The van der Waals surface area contributed by atoms with Gasteiger partial charge in [-0.15, -0.1) is 0 Å². The molecule has 1 unspecified atom stereocenters. The van der Waals surface area contributed by atoms with E-state index in [2.05, 4.69) is 65.0 Å². The summed E-state index contributed by atoms with van der Waals surface area (Å²) in [5.74, 6) is -0.398. The third-order valence-corrected chi connectivity index (χ3v) is 16.4. The highest BCUT2D eigenvalue weighted by Crippen LogP contribution is 2.69. The van der Waals surface area contributed by atoms with Gasteiger partial charge in [-0.2, -0.15) is 0 Å². The predicted molar refractivity (Wildman–Crippen MR) is 268 cm³/mol. The van der Waals surface area contributed by atoms with E-state index in [1.807, 2.05) is 0 Å². The van der Waals surface area contributed by atoms with Crippen molar-refractivity contribution in [2.45, 2.75) is 151 Å². The first kappa shape index (κ1) is 57.1. The molecule has 1 saturated carbocycles. The summed E-state index contributed by atoms with van der Waals surface area (Å²) in [5, 5.41) is 4.82. The lowest BCUT2D eigenvalue weighted by Gasteiger charge is -2.28. The maximum Gasteiger partial charge on any atom is 0.412 e. The number of ether oxygens (including phenoxy) is 6. The molecular weight excluding hydrogens is 1140 g/mol. The number of hydrogen-bond acceptors (Lipinski definition) is 22. The first-order chi connectivity index (χ1) is 37.1. The van der Waals surface area contributed by atoms with E-state index >= 15 is 8.78 Å². The van der Waals surface area contributed by atoms with E-state index in [-0.39, 0.29) is 66.3 Å². The van der Waals surface area contributed by atoms with E-state index in [9.17, 15) is 37.1 Å². The van der Waals surface area contributed by atoms with Crippen LogP contribution in [0, 0.1) is 0 Å². The van der Waals surface area contributed by atoms with Crippen molar-refractivity contribution >= 4 is 96.4 Å². The molecule has 4 amide bonds. The Morgan fingerprint density at radius 3 is 1.72 bits per heavy atom. The molecule has 0 aromatic carbocycles. The molecular formula is C43H54F4N12O16P2S2. The van der Waals surface area contributed by atoms with Crippen molar-refractivity contribution in [1.82, 2.24) is 48.8 Å². The van der Waals surface area contributed by atoms with E-state index in [4.69, 9.17) is 46.5 Å². The van der Waals surface area contributed by atoms with Gasteiger partial charge in [-0.1, -0.05) is 24.5 Å². The summed E-state index contributed by atoms with van der Waals surface area (Å²) in [6, 6.07) is -1.67. The maximum absolute atomic E-state index is 17.0. The van der Waals surface area contributed by atoms with Crippen LogP contribution in [0.2, 0.25) is 0 Å². The molecule has 36 heteroatoms. The molecule has 10 rings (SSSR count). The normalized spacial score (nSPS) is 34.7. The van der Waals surface area contributed by atoms with Crippen LogP contribution in [0.5, 0.6) is 0 Å². The van der Waals surface area contributed by atoms with Gasteiger partial charge in [-0.05, 0) is 41.5 Å². The minimum absolute atomic E-state index is 0.0804. The number of carbonyl (C=O) groups is 4.